The molecular formula is C24H30ClN. The second-order valence-electron chi connectivity index (χ2n) is 8.10. The van der Waals surface area contributed by atoms with Gasteiger partial charge >= 0.3 is 0 Å². The summed E-state index contributed by atoms with van der Waals surface area (Å²) in [5.74, 6) is 0. The molecule has 0 spiro atoms. The molecule has 1 nitrogen and oxygen atoms in total. The molecule has 3 aromatic carbocycles. The molecule has 0 aromatic heterocycles. The molecule has 0 amide bonds. The smallest absolute Gasteiger partial charge is 0.0320 e. The van der Waals surface area contributed by atoms with Crippen molar-refractivity contribution < 1.29 is 0 Å². The van der Waals surface area contributed by atoms with Gasteiger partial charge < -0.3 is 0 Å². The Morgan fingerprint density at radius 2 is 1.46 bits per heavy atom. The van der Waals surface area contributed by atoms with Crippen LogP contribution in [-0.4, -0.2) is 11.9 Å². The molecule has 0 fully saturated rings. The Morgan fingerprint density at radius 3 is 2.12 bits per heavy atom. The molecule has 0 aliphatic carbocycles. The van der Waals surface area contributed by atoms with Gasteiger partial charge in [-0.15, -0.1) is 12.4 Å². The van der Waals surface area contributed by atoms with Crippen LogP contribution in [0.25, 0.3) is 10.8 Å². The van der Waals surface area contributed by atoms with E-state index in [1.807, 2.05) is 0 Å². The summed E-state index contributed by atoms with van der Waals surface area (Å²) >= 11 is 0. The normalized spacial score (nSPS) is 12.8. The topological polar surface area (TPSA) is 3.24 Å². The molecule has 0 saturated heterocycles. The summed E-state index contributed by atoms with van der Waals surface area (Å²) in [5.41, 5.74) is 4.35. The molecule has 0 bridgehead atoms. The zero-order chi connectivity index (χ0) is 18.0. The molecule has 0 radical (unpaired) electrons. The zero-order valence-corrected chi connectivity index (χ0v) is 17.3. The molecule has 0 saturated carbocycles. The lowest BCUT2D eigenvalue weighted by atomic mass is 9.86. The third kappa shape index (κ3) is 4.47. The average Bonchev–Trinajstić information content (AvgIpc) is 2.61. The van der Waals surface area contributed by atoms with E-state index in [1.165, 1.54) is 27.5 Å². The van der Waals surface area contributed by atoms with E-state index in [9.17, 15) is 0 Å². The van der Waals surface area contributed by atoms with Crippen molar-refractivity contribution in [2.24, 2.45) is 0 Å². The Kier molecular flexibility index (Phi) is 6.49. The molecular weight excluding hydrogens is 338 g/mol. The van der Waals surface area contributed by atoms with Crippen LogP contribution < -0.4 is 0 Å². The molecule has 3 aromatic rings. The Balaban J connectivity index is 0.00000243. The number of fused-ring (bicyclic) bond motifs is 1. The summed E-state index contributed by atoms with van der Waals surface area (Å²) in [5, 5.41) is 2.67. The molecule has 0 unspecified atom stereocenters. The largest absolute Gasteiger partial charge is 0.295 e. The van der Waals surface area contributed by atoms with E-state index in [-0.39, 0.29) is 17.8 Å². The van der Waals surface area contributed by atoms with E-state index >= 15 is 0 Å². The molecule has 26 heavy (non-hydrogen) atoms. The van der Waals surface area contributed by atoms with Crippen molar-refractivity contribution in [2.45, 2.75) is 45.7 Å². The number of halogens is 1. The third-order valence-corrected chi connectivity index (χ3v) is 5.22. The van der Waals surface area contributed by atoms with Gasteiger partial charge in [0.25, 0.3) is 0 Å². The number of benzene rings is 3. The van der Waals surface area contributed by atoms with Crippen LogP contribution in [0.1, 0.15) is 50.4 Å². The molecule has 138 valence electrons. The first-order valence-corrected chi connectivity index (χ1v) is 9.13. The predicted octanol–water partition coefficient (Wildman–Crippen LogP) is 6.75. The van der Waals surface area contributed by atoms with Crippen molar-refractivity contribution in [1.29, 1.82) is 0 Å². The van der Waals surface area contributed by atoms with Gasteiger partial charge in [0.05, 0.1) is 0 Å². The van der Waals surface area contributed by atoms with Crippen molar-refractivity contribution in [3.05, 3.63) is 83.4 Å². The maximum absolute atomic E-state index is 2.42. The van der Waals surface area contributed by atoms with Gasteiger partial charge in [-0.3, -0.25) is 4.90 Å². The minimum Gasteiger partial charge on any atom is -0.295 e. The fourth-order valence-corrected chi connectivity index (χ4v) is 3.35. The van der Waals surface area contributed by atoms with Crippen molar-refractivity contribution >= 4 is 23.2 Å². The minimum atomic E-state index is 0. The Bertz CT molecular complexity index is 841. The predicted molar refractivity (Wildman–Crippen MR) is 116 cm³/mol. The van der Waals surface area contributed by atoms with Gasteiger partial charge in [-0.05, 0) is 46.8 Å². The van der Waals surface area contributed by atoms with E-state index in [0.29, 0.717) is 6.04 Å². The highest BCUT2D eigenvalue weighted by atomic mass is 35.5. The van der Waals surface area contributed by atoms with Crippen LogP contribution in [0.3, 0.4) is 0 Å². The molecule has 1 atom stereocenters. The first kappa shape index (κ1) is 20.5. The monoisotopic (exact) mass is 367 g/mol. The Hall–Kier alpha value is -1.83. The molecule has 0 heterocycles. The minimum absolute atomic E-state index is 0. The van der Waals surface area contributed by atoms with Crippen LogP contribution in [0.2, 0.25) is 0 Å². The van der Waals surface area contributed by atoms with Gasteiger partial charge in [0.1, 0.15) is 0 Å². The maximum Gasteiger partial charge on any atom is 0.0320 e. The molecule has 3 rings (SSSR count). The molecule has 2 heteroatoms. The lowest BCUT2D eigenvalue weighted by Gasteiger charge is -2.27. The van der Waals surface area contributed by atoms with Crippen LogP contribution in [0.5, 0.6) is 0 Å². The fraction of sp³-hybridized carbons (Fsp3) is 0.333. The van der Waals surface area contributed by atoms with Crippen molar-refractivity contribution in [3.63, 3.8) is 0 Å². The highest BCUT2D eigenvalue weighted by Gasteiger charge is 2.16. The second kappa shape index (κ2) is 8.24. The van der Waals surface area contributed by atoms with Crippen LogP contribution in [0.4, 0.5) is 0 Å². The number of hydrogen-bond donors (Lipinski definition) is 0. The van der Waals surface area contributed by atoms with Gasteiger partial charge in [0.2, 0.25) is 0 Å². The van der Waals surface area contributed by atoms with Crippen molar-refractivity contribution in [2.75, 3.05) is 7.05 Å². The van der Waals surface area contributed by atoms with E-state index < -0.39 is 0 Å². The average molecular weight is 368 g/mol. The van der Waals surface area contributed by atoms with Gasteiger partial charge in [0.15, 0.2) is 0 Å². The highest BCUT2D eigenvalue weighted by Crippen LogP contribution is 2.27. The van der Waals surface area contributed by atoms with Crippen LogP contribution in [0, 0.1) is 0 Å². The maximum atomic E-state index is 2.42. The van der Waals surface area contributed by atoms with E-state index in [2.05, 4.69) is 106 Å². The van der Waals surface area contributed by atoms with Crippen LogP contribution >= 0.6 is 12.4 Å². The quantitative estimate of drug-likeness (QED) is 0.492. The van der Waals surface area contributed by atoms with Crippen LogP contribution in [-0.2, 0) is 12.0 Å². The van der Waals surface area contributed by atoms with Gasteiger partial charge in [-0.1, -0.05) is 87.5 Å². The van der Waals surface area contributed by atoms with Gasteiger partial charge in [-0.2, -0.15) is 0 Å². The highest BCUT2D eigenvalue weighted by molar-refractivity contribution is 5.86. The summed E-state index contributed by atoms with van der Waals surface area (Å²) in [6, 6.07) is 24.7. The summed E-state index contributed by atoms with van der Waals surface area (Å²) in [6.07, 6.45) is 0. The Morgan fingerprint density at radius 1 is 0.846 bits per heavy atom. The number of rotatable bonds is 4. The van der Waals surface area contributed by atoms with Crippen molar-refractivity contribution in [1.82, 2.24) is 4.90 Å². The lowest BCUT2D eigenvalue weighted by Crippen LogP contribution is -2.22. The zero-order valence-electron chi connectivity index (χ0n) is 16.5. The van der Waals surface area contributed by atoms with Gasteiger partial charge in [0, 0.05) is 12.6 Å². The number of hydrogen-bond acceptors (Lipinski definition) is 1. The summed E-state index contributed by atoms with van der Waals surface area (Å²) in [7, 11) is 2.21. The third-order valence-electron chi connectivity index (χ3n) is 5.22. The molecule has 0 N–H and O–H groups in total. The Labute approximate surface area is 164 Å². The van der Waals surface area contributed by atoms with E-state index in [0.717, 1.165) is 6.54 Å². The summed E-state index contributed by atoms with van der Waals surface area (Å²) in [6.45, 7) is 10.0. The first-order chi connectivity index (χ1) is 11.9. The molecule has 0 aliphatic heterocycles. The molecule has 0 aliphatic rings. The van der Waals surface area contributed by atoms with E-state index in [4.69, 9.17) is 0 Å². The lowest BCUT2D eigenvalue weighted by molar-refractivity contribution is 0.254. The van der Waals surface area contributed by atoms with E-state index in [1.54, 1.807) is 0 Å². The van der Waals surface area contributed by atoms with Gasteiger partial charge in [-0.25, -0.2) is 0 Å². The fourth-order valence-electron chi connectivity index (χ4n) is 3.35. The number of nitrogens with zero attached hydrogens (tertiary/aromatic N) is 1. The summed E-state index contributed by atoms with van der Waals surface area (Å²) in [4.78, 5) is 2.42. The van der Waals surface area contributed by atoms with Crippen molar-refractivity contribution in [3.8, 4) is 0 Å². The first-order valence-electron chi connectivity index (χ1n) is 9.13. The standard InChI is InChI=1S/C24H29N.ClH/c1-18(19-13-15-22(16-14-19)24(2,3)4)25(5)17-21-11-8-10-20-9-6-7-12-23(20)21;/h6-16,18H,17H2,1-5H3;1H/t18-;/m1./s1. The van der Waals surface area contributed by atoms with Crippen LogP contribution in [0.15, 0.2) is 66.7 Å². The SMILES string of the molecule is C[C@H](c1ccc(C(C)(C)C)cc1)N(C)Cc1cccc2ccccc12.Cl. The second-order valence-corrected chi connectivity index (χ2v) is 8.10. The summed E-state index contributed by atoms with van der Waals surface area (Å²) < 4.78 is 0.